The van der Waals surface area contributed by atoms with Crippen molar-refractivity contribution in [3.63, 3.8) is 0 Å². The van der Waals surface area contributed by atoms with Crippen LogP contribution in [0.5, 0.6) is 5.75 Å². The lowest BCUT2D eigenvalue weighted by Crippen LogP contribution is -1.92. The van der Waals surface area contributed by atoms with Crippen LogP contribution in [0.1, 0.15) is 0 Å². The van der Waals surface area contributed by atoms with E-state index in [9.17, 15) is 0 Å². The third-order valence-corrected chi connectivity index (χ3v) is 4.47. The lowest BCUT2D eigenvalue weighted by molar-refractivity contribution is 0.412. The second kappa shape index (κ2) is 6.05. The molecule has 0 amide bonds. The minimum atomic E-state index is 0.739. The number of hydrogen-bond donors (Lipinski definition) is 1. The minimum absolute atomic E-state index is 0.739. The van der Waals surface area contributed by atoms with Crippen LogP contribution >= 0.6 is 15.9 Å². The van der Waals surface area contributed by atoms with Crippen LogP contribution in [0.15, 0.2) is 59.5 Å². The molecule has 0 bridgehead atoms. The Morgan fingerprint density at radius 1 is 1.04 bits per heavy atom. The molecule has 0 saturated heterocycles. The number of hydrogen-bond acceptors (Lipinski definition) is 4. The number of ether oxygens (including phenoxy) is 1. The molecule has 24 heavy (non-hydrogen) atoms. The average Bonchev–Trinajstić information content (AvgIpc) is 3.11. The summed E-state index contributed by atoms with van der Waals surface area (Å²) in [5.74, 6) is 0.739. The molecule has 2 heterocycles. The first-order chi connectivity index (χ1) is 11.8. The van der Waals surface area contributed by atoms with Gasteiger partial charge in [-0.1, -0.05) is 30.3 Å². The van der Waals surface area contributed by atoms with E-state index in [-0.39, 0.29) is 0 Å². The van der Waals surface area contributed by atoms with Crippen molar-refractivity contribution in [3.8, 4) is 28.3 Å². The molecule has 0 radical (unpaired) electrons. The molecule has 4 aromatic rings. The fraction of sp³-hybridized carbons (Fsp3) is 0.0556. The summed E-state index contributed by atoms with van der Waals surface area (Å²) in [6, 6.07) is 13.9. The van der Waals surface area contributed by atoms with Gasteiger partial charge in [0.25, 0.3) is 0 Å². The highest BCUT2D eigenvalue weighted by Crippen LogP contribution is 2.36. The topological polar surface area (TPSA) is 63.7 Å². The molecule has 0 spiro atoms. The number of rotatable bonds is 3. The number of nitrogens with zero attached hydrogens (tertiary/aromatic N) is 3. The van der Waals surface area contributed by atoms with E-state index in [0.29, 0.717) is 0 Å². The standard InChI is InChI=1S/C18H13BrN4O/c1-24-16-8-15-12(7-14(16)19)18(21-10-20-15)13-9-22-23-17(13)11-5-3-2-4-6-11/h2-10H,1H3,(H,22,23). The van der Waals surface area contributed by atoms with Gasteiger partial charge in [-0.25, -0.2) is 9.97 Å². The number of nitrogens with one attached hydrogen (secondary N) is 1. The highest BCUT2D eigenvalue weighted by atomic mass is 79.9. The van der Waals surface area contributed by atoms with E-state index in [2.05, 4.69) is 36.1 Å². The Kier molecular flexibility index (Phi) is 3.74. The van der Waals surface area contributed by atoms with Crippen LogP contribution in [0.3, 0.4) is 0 Å². The predicted molar refractivity (Wildman–Crippen MR) is 96.8 cm³/mol. The van der Waals surface area contributed by atoms with E-state index in [1.54, 1.807) is 13.4 Å². The molecule has 0 aliphatic carbocycles. The van der Waals surface area contributed by atoms with Crippen LogP contribution < -0.4 is 4.74 Å². The molecule has 4 rings (SSSR count). The van der Waals surface area contributed by atoms with Crippen molar-refractivity contribution in [1.82, 2.24) is 20.2 Å². The van der Waals surface area contributed by atoms with Gasteiger partial charge < -0.3 is 4.74 Å². The molecule has 6 heteroatoms. The van der Waals surface area contributed by atoms with Gasteiger partial charge in [-0.2, -0.15) is 5.10 Å². The van der Waals surface area contributed by atoms with Crippen molar-refractivity contribution >= 4 is 26.8 Å². The second-order valence-electron chi connectivity index (χ2n) is 5.24. The predicted octanol–water partition coefficient (Wildman–Crippen LogP) is 4.46. The molecular weight excluding hydrogens is 368 g/mol. The van der Waals surface area contributed by atoms with Crippen LogP contribution in [0.25, 0.3) is 33.4 Å². The maximum absolute atomic E-state index is 5.35. The highest BCUT2D eigenvalue weighted by molar-refractivity contribution is 9.10. The lowest BCUT2D eigenvalue weighted by atomic mass is 10.0. The molecule has 0 fully saturated rings. The Hall–Kier alpha value is -2.73. The van der Waals surface area contributed by atoms with Gasteiger partial charge in [-0.3, -0.25) is 5.10 Å². The average molecular weight is 381 g/mol. The smallest absolute Gasteiger partial charge is 0.135 e. The Bertz CT molecular complexity index is 1010. The summed E-state index contributed by atoms with van der Waals surface area (Å²) < 4.78 is 6.21. The third-order valence-electron chi connectivity index (χ3n) is 3.85. The number of halogens is 1. The molecule has 0 aliphatic rings. The zero-order chi connectivity index (χ0) is 16.5. The number of methoxy groups -OCH3 is 1. The van der Waals surface area contributed by atoms with E-state index in [1.807, 2.05) is 48.7 Å². The van der Waals surface area contributed by atoms with Crippen LogP contribution in [0.4, 0.5) is 0 Å². The second-order valence-corrected chi connectivity index (χ2v) is 6.09. The summed E-state index contributed by atoms with van der Waals surface area (Å²) in [6.45, 7) is 0. The Labute approximate surface area is 146 Å². The van der Waals surface area contributed by atoms with Crippen LogP contribution in [0.2, 0.25) is 0 Å². The molecule has 2 aromatic carbocycles. The van der Waals surface area contributed by atoms with Gasteiger partial charge in [-0.15, -0.1) is 0 Å². The van der Waals surface area contributed by atoms with Gasteiger partial charge in [0.2, 0.25) is 0 Å². The third kappa shape index (κ3) is 2.45. The quantitative estimate of drug-likeness (QED) is 0.569. The maximum atomic E-state index is 5.35. The Morgan fingerprint density at radius 3 is 2.67 bits per heavy atom. The lowest BCUT2D eigenvalue weighted by Gasteiger charge is -2.09. The van der Waals surface area contributed by atoms with Crippen molar-refractivity contribution in [1.29, 1.82) is 0 Å². The maximum Gasteiger partial charge on any atom is 0.135 e. The van der Waals surface area contributed by atoms with Crippen molar-refractivity contribution in [2.75, 3.05) is 7.11 Å². The molecule has 5 nitrogen and oxygen atoms in total. The van der Waals surface area contributed by atoms with Crippen molar-refractivity contribution < 1.29 is 4.74 Å². The highest BCUT2D eigenvalue weighted by Gasteiger charge is 2.16. The van der Waals surface area contributed by atoms with Gasteiger partial charge in [0.1, 0.15) is 17.8 Å². The van der Waals surface area contributed by atoms with E-state index >= 15 is 0 Å². The molecule has 0 saturated carbocycles. The number of fused-ring (bicyclic) bond motifs is 1. The summed E-state index contributed by atoms with van der Waals surface area (Å²) >= 11 is 3.53. The molecule has 2 aromatic heterocycles. The molecule has 118 valence electrons. The van der Waals surface area contributed by atoms with Crippen LogP contribution in [-0.4, -0.2) is 27.3 Å². The fourth-order valence-electron chi connectivity index (χ4n) is 2.72. The first kappa shape index (κ1) is 14.8. The number of H-pyrrole nitrogens is 1. The fourth-order valence-corrected chi connectivity index (χ4v) is 3.22. The van der Waals surface area contributed by atoms with Crippen molar-refractivity contribution in [3.05, 3.63) is 59.5 Å². The van der Waals surface area contributed by atoms with Gasteiger partial charge in [0.15, 0.2) is 0 Å². The number of benzene rings is 2. The summed E-state index contributed by atoms with van der Waals surface area (Å²) in [7, 11) is 1.64. The van der Waals surface area contributed by atoms with Crippen LogP contribution in [-0.2, 0) is 0 Å². The number of aromatic nitrogens is 4. The molecule has 1 N–H and O–H groups in total. The van der Waals surface area contributed by atoms with Crippen molar-refractivity contribution in [2.45, 2.75) is 0 Å². The SMILES string of the molecule is COc1cc2ncnc(-c3c[nH]nc3-c3ccccc3)c2cc1Br. The van der Waals surface area contributed by atoms with Gasteiger partial charge in [-0.05, 0) is 22.0 Å². The van der Waals surface area contributed by atoms with Crippen molar-refractivity contribution in [2.24, 2.45) is 0 Å². The van der Waals surface area contributed by atoms with E-state index in [0.717, 1.165) is 43.6 Å². The van der Waals surface area contributed by atoms with Gasteiger partial charge >= 0.3 is 0 Å². The summed E-state index contributed by atoms with van der Waals surface area (Å²) in [5.41, 5.74) is 4.48. The monoisotopic (exact) mass is 380 g/mol. The largest absolute Gasteiger partial charge is 0.495 e. The minimum Gasteiger partial charge on any atom is -0.495 e. The van der Waals surface area contributed by atoms with Gasteiger partial charge in [0.05, 0.1) is 22.8 Å². The normalized spacial score (nSPS) is 10.9. The zero-order valence-corrected chi connectivity index (χ0v) is 14.4. The molecular formula is C18H13BrN4O. The van der Waals surface area contributed by atoms with Crippen LogP contribution in [0, 0.1) is 0 Å². The summed E-state index contributed by atoms with van der Waals surface area (Å²) in [5, 5.41) is 8.29. The van der Waals surface area contributed by atoms with Gasteiger partial charge in [0, 0.05) is 28.8 Å². The Morgan fingerprint density at radius 2 is 1.88 bits per heavy atom. The van der Waals surface area contributed by atoms with E-state index in [4.69, 9.17) is 4.74 Å². The molecule has 0 aliphatic heterocycles. The Balaban J connectivity index is 1.96. The molecule has 0 unspecified atom stereocenters. The first-order valence-electron chi connectivity index (χ1n) is 7.35. The molecule has 0 atom stereocenters. The first-order valence-corrected chi connectivity index (χ1v) is 8.15. The number of aromatic amines is 1. The summed E-state index contributed by atoms with van der Waals surface area (Å²) in [6.07, 6.45) is 3.43. The van der Waals surface area contributed by atoms with E-state index in [1.165, 1.54) is 0 Å². The van der Waals surface area contributed by atoms with E-state index < -0.39 is 0 Å². The zero-order valence-electron chi connectivity index (χ0n) is 12.8. The summed E-state index contributed by atoms with van der Waals surface area (Å²) in [4.78, 5) is 8.86.